The molecule has 0 spiro atoms. The lowest BCUT2D eigenvalue weighted by Gasteiger charge is -2.16. The summed E-state index contributed by atoms with van der Waals surface area (Å²) in [5, 5.41) is 42.8. The van der Waals surface area contributed by atoms with Crippen molar-refractivity contribution in [2.45, 2.75) is 193 Å². The molecule has 0 aliphatic rings. The van der Waals surface area contributed by atoms with E-state index in [-0.39, 0.29) is 69.0 Å². The fraction of sp³-hybridized carbons (Fsp3) is 0.789. The smallest absolute Gasteiger partial charge is 0.326 e. The number of rotatable bonds is 33. The first-order valence-corrected chi connectivity index (χ1v) is 19.4. The van der Waals surface area contributed by atoms with Gasteiger partial charge in [-0.2, -0.15) is 0 Å². The number of hydrogen-bond donors (Lipinski definition) is 7. The van der Waals surface area contributed by atoms with Crippen molar-refractivity contribution in [1.82, 2.24) is 16.0 Å². The van der Waals surface area contributed by atoms with Crippen LogP contribution in [0.4, 0.5) is 0 Å². The molecule has 7 N–H and O–H groups in total. The maximum absolute atomic E-state index is 12.1. The van der Waals surface area contributed by atoms with E-state index >= 15 is 0 Å². The van der Waals surface area contributed by atoms with Crippen molar-refractivity contribution < 1.29 is 58.8 Å². The van der Waals surface area contributed by atoms with Crippen LogP contribution >= 0.6 is 0 Å². The number of ketones is 1. The summed E-state index contributed by atoms with van der Waals surface area (Å²) in [6.07, 6.45) is 19.0. The minimum atomic E-state index is -1.22. The molecule has 0 aliphatic carbocycles. The Balaban J connectivity index is 0. The fourth-order valence-electron chi connectivity index (χ4n) is 5.34. The molecule has 0 radical (unpaired) electrons. The van der Waals surface area contributed by atoms with Crippen LogP contribution in [0.3, 0.4) is 0 Å². The summed E-state index contributed by atoms with van der Waals surface area (Å²) in [7, 11) is 0. The van der Waals surface area contributed by atoms with Gasteiger partial charge in [-0.1, -0.05) is 104 Å². The van der Waals surface area contributed by atoms with Crippen molar-refractivity contribution in [2.24, 2.45) is 0 Å². The highest BCUT2D eigenvalue weighted by atomic mass is 16.4. The first-order valence-electron chi connectivity index (χ1n) is 19.4. The Hall–Kier alpha value is -4.04. The molecule has 3 atom stereocenters. The predicted molar refractivity (Wildman–Crippen MR) is 199 cm³/mol. The molecule has 53 heavy (non-hydrogen) atoms. The number of unbranched alkanes of at least 4 members (excludes halogenated alkanes) is 15. The molecule has 0 rings (SSSR count). The zero-order chi connectivity index (χ0) is 40.4. The second-order valence-electron chi connectivity index (χ2n) is 13.5. The topological polar surface area (TPSA) is 254 Å². The highest BCUT2D eigenvalue weighted by Crippen LogP contribution is 2.14. The predicted octanol–water partition coefficient (Wildman–Crippen LogP) is 5.76. The maximum Gasteiger partial charge on any atom is 0.326 e. The number of carbonyl (C=O) groups is 8. The zero-order valence-electron chi connectivity index (χ0n) is 32.3. The molecule has 0 fully saturated rings. The largest absolute Gasteiger partial charge is 0.481 e. The van der Waals surface area contributed by atoms with Gasteiger partial charge in [0.1, 0.15) is 23.9 Å². The first kappa shape index (κ1) is 51.1. The quantitative estimate of drug-likeness (QED) is 0.0395. The number of carbonyl (C=O) groups excluding carboxylic acids is 4. The number of amides is 3. The van der Waals surface area contributed by atoms with Gasteiger partial charge < -0.3 is 41.2 Å². The van der Waals surface area contributed by atoms with Crippen LogP contribution in [0, 0.1) is 0 Å². The lowest BCUT2D eigenvalue weighted by molar-refractivity contribution is -0.143. The molecule has 0 aromatic heterocycles. The van der Waals surface area contributed by atoms with Crippen LogP contribution in [-0.2, 0) is 38.4 Å². The van der Waals surface area contributed by atoms with Crippen LogP contribution in [0.2, 0.25) is 0 Å². The molecule has 0 unspecified atom stereocenters. The summed E-state index contributed by atoms with van der Waals surface area (Å²) in [6.45, 7) is 4.66. The van der Waals surface area contributed by atoms with Gasteiger partial charge in [-0.3, -0.25) is 19.2 Å². The Morgan fingerprint density at radius 1 is 0.415 bits per heavy atom. The monoisotopic (exact) mass is 757 g/mol. The summed E-state index contributed by atoms with van der Waals surface area (Å²) in [5.41, 5.74) is 0. The lowest BCUT2D eigenvalue weighted by atomic mass is 10.0. The van der Waals surface area contributed by atoms with Gasteiger partial charge in [0.25, 0.3) is 0 Å². The molecule has 0 heterocycles. The van der Waals surface area contributed by atoms with Crippen LogP contribution in [0.1, 0.15) is 175 Å². The molecule has 0 bridgehead atoms. The van der Waals surface area contributed by atoms with E-state index < -0.39 is 47.9 Å². The van der Waals surface area contributed by atoms with E-state index in [4.69, 9.17) is 15.3 Å². The first-order chi connectivity index (χ1) is 25.1. The highest BCUT2D eigenvalue weighted by molar-refractivity contribution is 5.86. The van der Waals surface area contributed by atoms with Crippen LogP contribution in [0.25, 0.3) is 0 Å². The van der Waals surface area contributed by atoms with Crippen molar-refractivity contribution in [1.29, 1.82) is 0 Å². The average Bonchev–Trinajstić information content (AvgIpc) is 3.09. The third-order valence-electron chi connectivity index (χ3n) is 8.62. The fourth-order valence-corrected chi connectivity index (χ4v) is 5.34. The molecule has 306 valence electrons. The Labute approximate surface area is 314 Å². The third kappa shape index (κ3) is 33.5. The van der Waals surface area contributed by atoms with Gasteiger partial charge in [0, 0.05) is 32.1 Å². The Kier molecular flexibility index (Phi) is 32.5. The van der Waals surface area contributed by atoms with E-state index in [9.17, 15) is 43.5 Å². The van der Waals surface area contributed by atoms with E-state index in [1.807, 2.05) is 0 Å². The second kappa shape index (κ2) is 33.8. The maximum atomic E-state index is 12.1. The molecule has 15 nitrogen and oxygen atoms in total. The van der Waals surface area contributed by atoms with Gasteiger partial charge in [0.15, 0.2) is 0 Å². The van der Waals surface area contributed by atoms with E-state index in [0.29, 0.717) is 6.42 Å². The molecule has 0 saturated heterocycles. The minimum Gasteiger partial charge on any atom is -0.481 e. The van der Waals surface area contributed by atoms with Crippen molar-refractivity contribution in [3.8, 4) is 0 Å². The van der Waals surface area contributed by atoms with Crippen molar-refractivity contribution in [2.75, 3.05) is 0 Å². The van der Waals surface area contributed by atoms with Gasteiger partial charge >= 0.3 is 23.9 Å². The summed E-state index contributed by atoms with van der Waals surface area (Å²) in [4.78, 5) is 89.1. The zero-order valence-corrected chi connectivity index (χ0v) is 32.3. The standard InChI is InChI=1S/C29H52N2O8.C9H15NO4/c1-2-23(28(36)37)30-26(33)22-21-24(29(38)39)31-25(32)19-17-15-13-11-9-7-5-3-4-6-8-10-12-14-16-18-20-27(34)35;1-3-8(12)10-7(9(13)14)5-4-6(2)11/h23-24H,2-22H2,1H3,(H,30,33)(H,31,32)(H,34,35)(H,36,37)(H,38,39);7H,3-5H2,1-2H3,(H,10,12)(H,13,14)/t23-,24-;7-/m00/s1. The van der Waals surface area contributed by atoms with Gasteiger partial charge in [0.2, 0.25) is 17.7 Å². The summed E-state index contributed by atoms with van der Waals surface area (Å²) >= 11 is 0. The van der Waals surface area contributed by atoms with Crippen molar-refractivity contribution in [3.63, 3.8) is 0 Å². The van der Waals surface area contributed by atoms with E-state index in [1.165, 1.54) is 64.7 Å². The Morgan fingerprint density at radius 2 is 0.736 bits per heavy atom. The SMILES string of the molecule is CCC(=O)N[C@@H](CCC(C)=O)C(=O)O.CC[C@H](NC(=O)CC[C@H](NC(=O)CCCCCCCCCCCCCCCCCCC(=O)O)C(=O)O)C(=O)O. The summed E-state index contributed by atoms with van der Waals surface area (Å²) in [6, 6.07) is -3.14. The number of aliphatic carboxylic acids is 4. The van der Waals surface area contributed by atoms with Crippen molar-refractivity contribution >= 4 is 47.4 Å². The van der Waals surface area contributed by atoms with Gasteiger partial charge in [0.05, 0.1) is 0 Å². The molecule has 0 aromatic carbocycles. The molecule has 0 saturated carbocycles. The number of carboxylic acids is 4. The molecule has 15 heteroatoms. The van der Waals surface area contributed by atoms with Gasteiger partial charge in [-0.15, -0.1) is 0 Å². The number of Topliss-reactive ketones (excluding diaryl/α,β-unsaturated/α-hetero) is 1. The average molecular weight is 758 g/mol. The van der Waals surface area contributed by atoms with Crippen LogP contribution in [0.5, 0.6) is 0 Å². The molecular weight excluding hydrogens is 690 g/mol. The number of carboxylic acid groups (broad SMARTS) is 4. The number of hydrogen-bond acceptors (Lipinski definition) is 8. The molecule has 0 aromatic rings. The second-order valence-corrected chi connectivity index (χ2v) is 13.5. The molecular formula is C38H67N3O12. The molecule has 3 amide bonds. The summed E-state index contributed by atoms with van der Waals surface area (Å²) < 4.78 is 0. The van der Waals surface area contributed by atoms with Gasteiger partial charge in [-0.25, -0.2) is 14.4 Å². The van der Waals surface area contributed by atoms with E-state index in [2.05, 4.69) is 16.0 Å². The molecule has 0 aliphatic heterocycles. The Bertz CT molecular complexity index is 1100. The highest BCUT2D eigenvalue weighted by Gasteiger charge is 2.23. The van der Waals surface area contributed by atoms with Crippen LogP contribution in [-0.4, -0.2) is 85.9 Å². The lowest BCUT2D eigenvalue weighted by Crippen LogP contribution is -2.43. The van der Waals surface area contributed by atoms with Gasteiger partial charge in [-0.05, 0) is 39.0 Å². The van der Waals surface area contributed by atoms with E-state index in [0.717, 1.165) is 38.5 Å². The van der Waals surface area contributed by atoms with E-state index in [1.54, 1.807) is 13.8 Å². The Morgan fingerprint density at radius 3 is 1.08 bits per heavy atom. The van der Waals surface area contributed by atoms with Crippen LogP contribution in [0.15, 0.2) is 0 Å². The van der Waals surface area contributed by atoms with Crippen molar-refractivity contribution in [3.05, 3.63) is 0 Å². The minimum absolute atomic E-state index is 0.0815. The van der Waals surface area contributed by atoms with Crippen LogP contribution < -0.4 is 16.0 Å². The summed E-state index contributed by atoms with van der Waals surface area (Å²) in [5.74, 6) is -5.47. The normalized spacial score (nSPS) is 12.3. The third-order valence-corrected chi connectivity index (χ3v) is 8.62. The number of nitrogens with one attached hydrogen (secondary N) is 3.